The van der Waals surface area contributed by atoms with E-state index in [4.69, 9.17) is 14.6 Å². The zero-order chi connectivity index (χ0) is 33.8. The molecule has 4 aromatic rings. The average Bonchev–Trinajstić information content (AvgIpc) is 3.42. The number of nitrogens with one attached hydrogen (secondary N) is 2. The summed E-state index contributed by atoms with van der Waals surface area (Å²) in [5.74, 6) is -2.64. The average molecular weight is 637 g/mol. The Morgan fingerprint density at radius 3 is 2.26 bits per heavy atom. The molecule has 0 aliphatic heterocycles. The molecule has 3 N–H and O–H groups in total. The molecule has 46 heavy (non-hydrogen) atoms. The Morgan fingerprint density at radius 1 is 0.978 bits per heavy atom. The highest BCUT2D eigenvalue weighted by Crippen LogP contribution is 2.29. The van der Waals surface area contributed by atoms with E-state index >= 15 is 0 Å². The first-order chi connectivity index (χ1) is 22.0. The fourth-order valence-corrected chi connectivity index (χ4v) is 5.14. The molecule has 1 heterocycles. The van der Waals surface area contributed by atoms with Crippen LogP contribution in [0.5, 0.6) is 5.75 Å². The number of amides is 2. The Hall–Kier alpha value is -4.77. The largest absolute Gasteiger partial charge is 0.494 e. The monoisotopic (exact) mass is 636 g/mol. The summed E-state index contributed by atoms with van der Waals surface area (Å²) in [7, 11) is 1.36. The first kappa shape index (κ1) is 35.7. The molecule has 0 aliphatic carbocycles. The molecule has 3 aromatic carbocycles. The van der Waals surface area contributed by atoms with Gasteiger partial charge in [-0.1, -0.05) is 31.5 Å². The zero-order valence-corrected chi connectivity index (χ0v) is 26.9. The molecule has 0 saturated heterocycles. The molecule has 0 saturated carbocycles. The van der Waals surface area contributed by atoms with E-state index in [-0.39, 0.29) is 24.6 Å². The Morgan fingerprint density at radius 2 is 1.65 bits per heavy atom. The lowest BCUT2D eigenvalue weighted by Crippen LogP contribution is -2.43. The van der Waals surface area contributed by atoms with Crippen molar-refractivity contribution in [3.05, 3.63) is 95.2 Å². The van der Waals surface area contributed by atoms with Gasteiger partial charge in [0, 0.05) is 49.2 Å². The number of aromatic nitrogens is 1. The molecule has 1 atom stereocenters. The number of carbonyl (C=O) groups excluding carboxylic acids is 2. The Balaban J connectivity index is 0.00000136. The van der Waals surface area contributed by atoms with E-state index in [1.807, 2.05) is 39.1 Å². The number of anilines is 1. The van der Waals surface area contributed by atoms with Gasteiger partial charge in [0.1, 0.15) is 11.9 Å². The fraction of sp³-hybridized carbons (Fsp3) is 0.343. The number of nitrogens with zero attached hydrogens (tertiary/aromatic N) is 2. The van der Waals surface area contributed by atoms with E-state index in [9.17, 15) is 18.4 Å². The lowest BCUT2D eigenvalue weighted by molar-refractivity contribution is -0.139. The molecule has 2 amide bonds. The maximum Gasteiger partial charge on any atom is 0.300 e. The summed E-state index contributed by atoms with van der Waals surface area (Å²) in [6.45, 7) is 9.49. The molecule has 0 radical (unpaired) electrons. The lowest BCUT2D eigenvalue weighted by Gasteiger charge is -2.32. The van der Waals surface area contributed by atoms with Crippen LogP contribution >= 0.6 is 0 Å². The molecular weight excluding hydrogens is 594 g/mol. The number of methoxy groups -OCH3 is 1. The van der Waals surface area contributed by atoms with E-state index in [2.05, 4.69) is 21.3 Å². The highest BCUT2D eigenvalue weighted by Gasteiger charge is 2.32. The summed E-state index contributed by atoms with van der Waals surface area (Å²) >= 11 is 0. The third-order valence-electron chi connectivity index (χ3n) is 7.57. The number of hydrogen-bond acceptors (Lipinski definition) is 5. The van der Waals surface area contributed by atoms with Gasteiger partial charge in [0.15, 0.2) is 11.6 Å². The molecule has 1 unspecified atom stereocenters. The van der Waals surface area contributed by atoms with E-state index in [0.29, 0.717) is 24.2 Å². The van der Waals surface area contributed by atoms with E-state index in [0.717, 1.165) is 42.0 Å². The van der Waals surface area contributed by atoms with E-state index in [1.165, 1.54) is 48.4 Å². The number of carboxylic acid groups (broad SMARTS) is 1. The molecule has 0 fully saturated rings. The molecular formula is C35H42F2N4O5. The molecule has 0 aliphatic rings. The molecule has 246 valence electrons. The topological polar surface area (TPSA) is 115 Å². The van der Waals surface area contributed by atoms with Crippen molar-refractivity contribution in [2.45, 2.75) is 46.6 Å². The number of H-pyrrole nitrogens is 1. The van der Waals surface area contributed by atoms with Crippen LogP contribution in [0.25, 0.3) is 10.9 Å². The van der Waals surface area contributed by atoms with Crippen LogP contribution in [-0.4, -0.2) is 71.0 Å². The predicted molar refractivity (Wildman–Crippen MR) is 175 cm³/mol. The van der Waals surface area contributed by atoms with Crippen molar-refractivity contribution in [2.24, 2.45) is 0 Å². The third kappa shape index (κ3) is 9.87. The number of carbonyl (C=O) groups is 3. The summed E-state index contributed by atoms with van der Waals surface area (Å²) < 4.78 is 33.6. The van der Waals surface area contributed by atoms with E-state index in [1.54, 1.807) is 6.07 Å². The van der Waals surface area contributed by atoms with Gasteiger partial charge in [-0.25, -0.2) is 8.78 Å². The second kappa shape index (κ2) is 17.1. The molecule has 0 bridgehead atoms. The van der Waals surface area contributed by atoms with Crippen LogP contribution in [0.15, 0.2) is 66.9 Å². The SMILES string of the molecule is CC(=O)O.CCN(CC)CCC(=O)N(CCc1c[nH]c2ccc(C)cc12)C(C(=O)Nc1ccc(F)cc1)c1ccc(OC)c(F)c1. The van der Waals surface area contributed by atoms with Gasteiger partial charge in [-0.05, 0) is 86.1 Å². The maximum absolute atomic E-state index is 15.0. The summed E-state index contributed by atoms with van der Waals surface area (Å²) in [4.78, 5) is 43.8. The van der Waals surface area contributed by atoms with Gasteiger partial charge in [0.25, 0.3) is 11.9 Å². The number of rotatable bonds is 13. The first-order valence-electron chi connectivity index (χ1n) is 15.1. The number of aliphatic carboxylic acids is 1. The quantitative estimate of drug-likeness (QED) is 0.158. The summed E-state index contributed by atoms with van der Waals surface area (Å²) in [5.41, 5.74) is 3.77. The van der Waals surface area contributed by atoms with Crippen LogP contribution in [0, 0.1) is 18.6 Å². The Bertz CT molecular complexity index is 1620. The minimum absolute atomic E-state index is 0.0324. The van der Waals surface area contributed by atoms with Gasteiger partial charge < -0.3 is 29.9 Å². The van der Waals surface area contributed by atoms with Crippen LogP contribution in [0.2, 0.25) is 0 Å². The van der Waals surface area contributed by atoms with Crippen LogP contribution < -0.4 is 10.1 Å². The van der Waals surface area contributed by atoms with Crippen molar-refractivity contribution in [3.8, 4) is 5.75 Å². The van der Waals surface area contributed by atoms with Gasteiger partial charge in [-0.15, -0.1) is 0 Å². The van der Waals surface area contributed by atoms with Gasteiger partial charge in [-0.3, -0.25) is 14.4 Å². The molecule has 0 spiro atoms. The smallest absolute Gasteiger partial charge is 0.300 e. The van der Waals surface area contributed by atoms with Gasteiger partial charge >= 0.3 is 0 Å². The third-order valence-corrected chi connectivity index (χ3v) is 7.57. The van der Waals surface area contributed by atoms with Crippen molar-refractivity contribution in [3.63, 3.8) is 0 Å². The number of carboxylic acids is 1. The number of fused-ring (bicyclic) bond motifs is 1. The first-order valence-corrected chi connectivity index (χ1v) is 15.1. The van der Waals surface area contributed by atoms with Crippen molar-refractivity contribution < 1.29 is 33.0 Å². The number of benzene rings is 3. The highest BCUT2D eigenvalue weighted by atomic mass is 19.1. The fourth-order valence-electron chi connectivity index (χ4n) is 5.14. The van der Waals surface area contributed by atoms with Crippen LogP contribution in [-0.2, 0) is 20.8 Å². The molecule has 4 rings (SSSR count). The van der Waals surface area contributed by atoms with Crippen LogP contribution in [0.3, 0.4) is 0 Å². The van der Waals surface area contributed by atoms with Crippen molar-refractivity contribution in [2.75, 3.05) is 38.6 Å². The minimum Gasteiger partial charge on any atom is -0.494 e. The van der Waals surface area contributed by atoms with Gasteiger partial charge in [0.2, 0.25) is 5.91 Å². The normalized spacial score (nSPS) is 11.5. The number of ether oxygens (including phenoxy) is 1. The van der Waals surface area contributed by atoms with Crippen LogP contribution in [0.4, 0.5) is 14.5 Å². The van der Waals surface area contributed by atoms with Crippen molar-refractivity contribution in [1.29, 1.82) is 0 Å². The molecule has 1 aromatic heterocycles. The Labute approximate surface area is 268 Å². The van der Waals surface area contributed by atoms with Gasteiger partial charge in [0.05, 0.1) is 7.11 Å². The summed E-state index contributed by atoms with van der Waals surface area (Å²) in [5, 5.41) is 11.3. The van der Waals surface area contributed by atoms with Crippen molar-refractivity contribution in [1.82, 2.24) is 14.8 Å². The Kier molecular flexibility index (Phi) is 13.2. The predicted octanol–water partition coefficient (Wildman–Crippen LogP) is 6.34. The van der Waals surface area contributed by atoms with Crippen molar-refractivity contribution >= 4 is 34.4 Å². The molecule has 11 heteroatoms. The second-order valence-electron chi connectivity index (χ2n) is 10.8. The zero-order valence-electron chi connectivity index (χ0n) is 26.9. The number of hydrogen-bond donors (Lipinski definition) is 3. The maximum atomic E-state index is 15.0. The number of aryl methyl sites for hydroxylation is 1. The number of halogens is 2. The minimum atomic E-state index is -1.15. The van der Waals surface area contributed by atoms with Gasteiger partial charge in [-0.2, -0.15) is 0 Å². The molecule has 9 nitrogen and oxygen atoms in total. The number of aromatic amines is 1. The standard InChI is InChI=1S/C33H38F2N4O3.C2H4O2/c1-5-38(6-2)17-16-31(40)39(18-15-24-21-36-29-13-7-22(3)19-27(24)29)32(23-8-14-30(42-4)28(35)20-23)33(41)37-26-11-9-25(34)10-12-26;1-2(3)4/h7-14,19-21,32,36H,5-6,15-18H2,1-4H3,(H,37,41);1H3,(H,3,4). The highest BCUT2D eigenvalue weighted by molar-refractivity contribution is 5.98. The summed E-state index contributed by atoms with van der Waals surface area (Å²) in [6, 6.07) is 14.6. The van der Waals surface area contributed by atoms with Crippen LogP contribution in [0.1, 0.15) is 49.9 Å². The second-order valence-corrected chi connectivity index (χ2v) is 10.8. The summed E-state index contributed by atoms with van der Waals surface area (Å²) in [6.07, 6.45) is 2.58. The van der Waals surface area contributed by atoms with E-state index < -0.39 is 29.6 Å². The lowest BCUT2D eigenvalue weighted by atomic mass is 10.0.